The Kier molecular flexibility index (Phi) is 6.84. The highest BCUT2D eigenvalue weighted by atomic mass is 19.1. The van der Waals surface area contributed by atoms with Gasteiger partial charge in [-0.3, -0.25) is 0 Å². The van der Waals surface area contributed by atoms with E-state index in [-0.39, 0.29) is 18.3 Å². The lowest BCUT2D eigenvalue weighted by atomic mass is 10.1. The quantitative estimate of drug-likeness (QED) is 0.315. The van der Waals surface area contributed by atoms with Gasteiger partial charge in [-0.2, -0.15) is 0 Å². The topological polar surface area (TPSA) is 112 Å². The molecule has 0 aliphatic heterocycles. The molecule has 1 unspecified atom stereocenters. The van der Waals surface area contributed by atoms with Gasteiger partial charge < -0.3 is 25.5 Å². The highest BCUT2D eigenvalue weighted by Crippen LogP contribution is 2.26. The van der Waals surface area contributed by atoms with Gasteiger partial charge in [-0.1, -0.05) is 35.9 Å². The Labute approximate surface area is 195 Å². The van der Waals surface area contributed by atoms with Gasteiger partial charge in [0.15, 0.2) is 0 Å². The number of aliphatic hydroxyl groups excluding tert-OH is 1. The number of aryl methyl sites for hydroxylation is 2. The first-order valence-electron chi connectivity index (χ1n) is 10.6. The summed E-state index contributed by atoms with van der Waals surface area (Å²) in [4.78, 5) is 24.1. The van der Waals surface area contributed by atoms with Gasteiger partial charge in [-0.15, -0.1) is 0 Å². The summed E-state index contributed by atoms with van der Waals surface area (Å²) in [6.45, 7) is 3.52. The molecule has 0 aliphatic carbocycles. The Morgan fingerprint density at radius 3 is 2.76 bits per heavy atom. The van der Waals surface area contributed by atoms with Crippen molar-refractivity contribution in [1.29, 1.82) is 0 Å². The van der Waals surface area contributed by atoms with Crippen LogP contribution in [0.15, 0.2) is 67.0 Å². The van der Waals surface area contributed by atoms with Crippen LogP contribution < -0.4 is 15.4 Å². The molecule has 0 radical (unpaired) electrons. The Hall–Kier alpha value is -4.24. The predicted molar refractivity (Wildman–Crippen MR) is 126 cm³/mol. The van der Waals surface area contributed by atoms with Gasteiger partial charge in [0.2, 0.25) is 11.8 Å². The van der Waals surface area contributed by atoms with Crippen molar-refractivity contribution < 1.29 is 19.0 Å². The summed E-state index contributed by atoms with van der Waals surface area (Å²) in [5.41, 5.74) is 4.43. The Bertz CT molecular complexity index is 1310. The van der Waals surface area contributed by atoms with E-state index in [1.165, 1.54) is 12.1 Å². The molecule has 34 heavy (non-hydrogen) atoms. The lowest BCUT2D eigenvalue weighted by molar-refractivity contribution is 0.182. The van der Waals surface area contributed by atoms with Crippen molar-refractivity contribution in [1.82, 2.24) is 20.3 Å². The summed E-state index contributed by atoms with van der Waals surface area (Å²) in [5, 5.41) is 15.3. The number of hydrogen-bond donors (Lipinski definition) is 4. The molecule has 1 amide bonds. The molecule has 2 aromatic heterocycles. The highest BCUT2D eigenvalue weighted by Gasteiger charge is 2.17. The van der Waals surface area contributed by atoms with Crippen LogP contribution in [0.4, 0.5) is 20.8 Å². The van der Waals surface area contributed by atoms with E-state index in [0.717, 1.165) is 16.7 Å². The van der Waals surface area contributed by atoms with Crippen molar-refractivity contribution in [2.75, 3.05) is 11.9 Å². The molecule has 2 heterocycles. The largest absolute Gasteiger partial charge is 0.414 e. The summed E-state index contributed by atoms with van der Waals surface area (Å²) in [6, 6.07) is 14.6. The second-order valence-electron chi connectivity index (χ2n) is 7.80. The maximum Gasteiger partial charge on any atom is 0.414 e. The third-order valence-electron chi connectivity index (χ3n) is 5.10. The summed E-state index contributed by atoms with van der Waals surface area (Å²) in [5.74, 6) is 0.150. The van der Waals surface area contributed by atoms with Gasteiger partial charge in [-0.25, -0.2) is 19.2 Å². The summed E-state index contributed by atoms with van der Waals surface area (Å²) >= 11 is 0. The number of ether oxygens (including phenoxy) is 1. The maximum absolute atomic E-state index is 13.5. The van der Waals surface area contributed by atoms with Crippen molar-refractivity contribution in [2.24, 2.45) is 0 Å². The summed E-state index contributed by atoms with van der Waals surface area (Å²) < 4.78 is 18.8. The molecule has 4 aromatic rings. The lowest BCUT2D eigenvalue weighted by Gasteiger charge is -2.16. The normalized spacial score (nSPS) is 11.6. The van der Waals surface area contributed by atoms with Crippen LogP contribution in [0.25, 0.3) is 11.3 Å². The second kappa shape index (κ2) is 10.1. The number of carbonyl (C=O) groups is 1. The molecule has 0 bridgehead atoms. The zero-order valence-electron chi connectivity index (χ0n) is 18.7. The van der Waals surface area contributed by atoms with E-state index in [1.807, 2.05) is 38.1 Å². The number of rotatable bonds is 7. The van der Waals surface area contributed by atoms with Crippen molar-refractivity contribution in [3.05, 3.63) is 89.5 Å². The average Bonchev–Trinajstić information content (AvgIpc) is 3.27. The second-order valence-corrected chi connectivity index (χ2v) is 7.80. The number of H-pyrrole nitrogens is 1. The number of hydrogen-bond acceptors (Lipinski definition) is 6. The van der Waals surface area contributed by atoms with Crippen molar-refractivity contribution in [2.45, 2.75) is 19.9 Å². The average molecular weight is 461 g/mol. The molecule has 0 aliphatic rings. The van der Waals surface area contributed by atoms with E-state index >= 15 is 0 Å². The van der Waals surface area contributed by atoms with E-state index in [9.17, 15) is 14.3 Å². The molecule has 0 saturated carbocycles. The molecule has 9 heteroatoms. The Morgan fingerprint density at radius 1 is 1.18 bits per heavy atom. The first-order valence-corrected chi connectivity index (χ1v) is 10.6. The number of nitrogens with one attached hydrogen (secondary N) is 3. The van der Waals surface area contributed by atoms with Gasteiger partial charge in [0.1, 0.15) is 5.82 Å². The standard InChI is InChI=1S/C25H24FN5O3/c1-15-5-3-6-17(9-15)21(14-32)30-25(33)34-22-10-18(13-27-22)23-16(2)12-28-24(31-23)29-20-8-4-7-19(26)11-20/h3-13,21,27,32H,14H2,1-2H3,(H,30,33)(H,28,29,31). The van der Waals surface area contributed by atoms with Crippen LogP contribution >= 0.6 is 0 Å². The highest BCUT2D eigenvalue weighted by molar-refractivity contribution is 5.72. The molecule has 1 atom stereocenters. The SMILES string of the molecule is Cc1cccc(C(CO)NC(=O)Oc2cc(-c3nc(Nc4cccc(F)c4)ncc3C)c[nH]2)c1. The van der Waals surface area contributed by atoms with E-state index < -0.39 is 12.1 Å². The van der Waals surface area contributed by atoms with Crippen molar-refractivity contribution >= 4 is 17.7 Å². The number of benzene rings is 2. The molecule has 174 valence electrons. The molecule has 4 N–H and O–H groups in total. The smallest absolute Gasteiger partial charge is 0.394 e. The number of halogens is 1. The van der Waals surface area contributed by atoms with Crippen LogP contribution in [0.2, 0.25) is 0 Å². The van der Waals surface area contributed by atoms with Crippen LogP contribution in [0.5, 0.6) is 5.88 Å². The zero-order valence-corrected chi connectivity index (χ0v) is 18.7. The minimum absolute atomic E-state index is 0.214. The number of aromatic amines is 1. The lowest BCUT2D eigenvalue weighted by Crippen LogP contribution is -2.33. The number of amides is 1. The molecule has 0 fully saturated rings. The molecule has 0 saturated heterocycles. The Morgan fingerprint density at radius 2 is 2.00 bits per heavy atom. The van der Waals surface area contributed by atoms with Gasteiger partial charge in [0.05, 0.1) is 18.3 Å². The van der Waals surface area contributed by atoms with E-state index in [4.69, 9.17) is 4.74 Å². The van der Waals surface area contributed by atoms with Crippen molar-refractivity contribution in [3.8, 4) is 17.1 Å². The summed E-state index contributed by atoms with van der Waals surface area (Å²) in [6.07, 6.45) is 2.60. The predicted octanol–water partition coefficient (Wildman–Crippen LogP) is 4.79. The van der Waals surface area contributed by atoms with Gasteiger partial charge in [-0.05, 0) is 43.2 Å². The monoisotopic (exact) mass is 461 g/mol. The van der Waals surface area contributed by atoms with Gasteiger partial charge >= 0.3 is 6.09 Å². The minimum atomic E-state index is -0.707. The fourth-order valence-corrected chi connectivity index (χ4v) is 3.45. The Balaban J connectivity index is 1.46. The van der Waals surface area contributed by atoms with Crippen LogP contribution in [-0.2, 0) is 0 Å². The van der Waals surface area contributed by atoms with Crippen LogP contribution in [0.1, 0.15) is 22.7 Å². The molecular formula is C25H24FN5O3. The van der Waals surface area contributed by atoms with Crippen molar-refractivity contribution in [3.63, 3.8) is 0 Å². The van der Waals surface area contributed by atoms with Gasteiger partial charge in [0.25, 0.3) is 0 Å². The molecular weight excluding hydrogens is 437 g/mol. The van der Waals surface area contributed by atoms with Crippen LogP contribution in [-0.4, -0.2) is 32.8 Å². The van der Waals surface area contributed by atoms with E-state index in [0.29, 0.717) is 22.9 Å². The molecule has 0 spiro atoms. The van der Waals surface area contributed by atoms with Gasteiger partial charge in [0, 0.05) is 29.7 Å². The zero-order chi connectivity index (χ0) is 24.1. The number of anilines is 2. The first-order chi connectivity index (χ1) is 16.4. The third kappa shape index (κ3) is 5.57. The summed E-state index contributed by atoms with van der Waals surface area (Å²) in [7, 11) is 0. The first kappa shape index (κ1) is 22.9. The number of aliphatic hydroxyl groups is 1. The number of nitrogens with zero attached hydrogens (tertiary/aromatic N) is 2. The fourth-order valence-electron chi connectivity index (χ4n) is 3.45. The minimum Gasteiger partial charge on any atom is -0.394 e. The maximum atomic E-state index is 13.5. The van der Waals surface area contributed by atoms with E-state index in [1.54, 1.807) is 30.6 Å². The molecule has 4 rings (SSSR count). The fraction of sp³-hybridized carbons (Fsp3) is 0.160. The molecule has 8 nitrogen and oxygen atoms in total. The molecule has 2 aromatic carbocycles. The van der Waals surface area contributed by atoms with Crippen LogP contribution in [0, 0.1) is 19.7 Å². The number of carbonyl (C=O) groups excluding carboxylic acids is 1. The third-order valence-corrected chi connectivity index (χ3v) is 5.10. The van der Waals surface area contributed by atoms with Crippen LogP contribution in [0.3, 0.4) is 0 Å². The number of aromatic nitrogens is 3. The van der Waals surface area contributed by atoms with E-state index in [2.05, 4.69) is 25.6 Å².